The third-order valence-electron chi connectivity index (χ3n) is 5.30. The second kappa shape index (κ2) is 12.7. The lowest BCUT2D eigenvalue weighted by Crippen LogP contribution is -2.38. The summed E-state index contributed by atoms with van der Waals surface area (Å²) in [5.41, 5.74) is 4.24. The molecular formula is C27H30F2N4O2. The van der Waals surface area contributed by atoms with Gasteiger partial charge in [0.25, 0.3) is 5.91 Å². The van der Waals surface area contributed by atoms with Crippen molar-refractivity contribution in [2.45, 2.75) is 32.9 Å². The number of benzene rings is 3. The van der Waals surface area contributed by atoms with Gasteiger partial charge in [-0.3, -0.25) is 9.89 Å². The van der Waals surface area contributed by atoms with Crippen molar-refractivity contribution >= 4 is 16.8 Å². The summed E-state index contributed by atoms with van der Waals surface area (Å²) < 4.78 is 24.4. The maximum Gasteiger partial charge on any atom is 0.272 e. The van der Waals surface area contributed by atoms with E-state index in [2.05, 4.69) is 46.0 Å². The van der Waals surface area contributed by atoms with Gasteiger partial charge in [-0.1, -0.05) is 49.4 Å². The van der Waals surface area contributed by atoms with Crippen LogP contribution in [0.5, 0.6) is 0 Å². The number of aliphatic hydroxyl groups excluding tert-OH is 1. The molecule has 4 aromatic rings. The summed E-state index contributed by atoms with van der Waals surface area (Å²) in [5, 5.41) is 23.7. The first-order valence-corrected chi connectivity index (χ1v) is 11.5. The molecular weight excluding hydrogens is 450 g/mol. The van der Waals surface area contributed by atoms with E-state index in [0.717, 1.165) is 23.4 Å². The molecule has 8 heteroatoms. The molecule has 1 aromatic heterocycles. The number of aryl methyl sites for hydroxylation is 2. The Hall–Kier alpha value is -3.62. The van der Waals surface area contributed by atoms with Crippen LogP contribution in [0.4, 0.5) is 8.78 Å². The molecule has 1 heterocycles. The molecule has 0 saturated heterocycles. The Morgan fingerprint density at radius 1 is 1.00 bits per heavy atom. The van der Waals surface area contributed by atoms with Gasteiger partial charge in [-0.15, -0.1) is 0 Å². The van der Waals surface area contributed by atoms with E-state index in [1.807, 2.05) is 30.3 Å². The number of rotatable bonds is 8. The molecule has 184 valence electrons. The van der Waals surface area contributed by atoms with Crippen molar-refractivity contribution in [1.82, 2.24) is 20.8 Å². The predicted molar refractivity (Wildman–Crippen MR) is 133 cm³/mol. The highest BCUT2D eigenvalue weighted by molar-refractivity contribution is 6.04. The molecule has 0 fully saturated rings. The summed E-state index contributed by atoms with van der Waals surface area (Å²) in [6, 6.07) is 19.2. The fourth-order valence-corrected chi connectivity index (χ4v) is 3.54. The van der Waals surface area contributed by atoms with Crippen molar-refractivity contribution in [3.63, 3.8) is 0 Å². The van der Waals surface area contributed by atoms with Crippen LogP contribution in [0.25, 0.3) is 10.9 Å². The zero-order valence-corrected chi connectivity index (χ0v) is 19.8. The van der Waals surface area contributed by atoms with Crippen molar-refractivity contribution in [2.24, 2.45) is 0 Å². The molecule has 0 bridgehead atoms. The Balaban J connectivity index is 0.000000320. The molecule has 1 amide bonds. The fourth-order valence-electron chi connectivity index (χ4n) is 3.54. The molecule has 0 saturated carbocycles. The van der Waals surface area contributed by atoms with Crippen molar-refractivity contribution in [1.29, 1.82) is 0 Å². The van der Waals surface area contributed by atoms with E-state index < -0.39 is 17.7 Å². The fraction of sp³-hybridized carbons (Fsp3) is 0.259. The SMILES string of the molecule is CCc1cccc(CNCC(O)CNC(=O)c2n[nH]c3ccccc23)c1.Cc1cc(F)cc(F)c1. The molecule has 0 aliphatic carbocycles. The van der Waals surface area contributed by atoms with Gasteiger partial charge in [0.15, 0.2) is 5.69 Å². The molecule has 0 aliphatic heterocycles. The lowest BCUT2D eigenvalue weighted by molar-refractivity contribution is 0.0912. The van der Waals surface area contributed by atoms with Crippen molar-refractivity contribution in [3.8, 4) is 0 Å². The highest BCUT2D eigenvalue weighted by Gasteiger charge is 2.14. The zero-order chi connectivity index (χ0) is 25.2. The Morgan fingerprint density at radius 3 is 2.43 bits per heavy atom. The monoisotopic (exact) mass is 480 g/mol. The van der Waals surface area contributed by atoms with Crippen LogP contribution in [0.15, 0.2) is 66.7 Å². The van der Waals surface area contributed by atoms with Gasteiger partial charge in [0.05, 0.1) is 11.6 Å². The molecule has 0 radical (unpaired) electrons. The Kier molecular flexibility index (Phi) is 9.46. The molecule has 0 spiro atoms. The first-order valence-electron chi connectivity index (χ1n) is 11.5. The maximum atomic E-state index is 12.3. The summed E-state index contributed by atoms with van der Waals surface area (Å²) in [7, 11) is 0. The summed E-state index contributed by atoms with van der Waals surface area (Å²) in [6.07, 6.45) is 0.336. The van der Waals surface area contributed by atoms with Crippen LogP contribution in [-0.4, -0.2) is 40.4 Å². The van der Waals surface area contributed by atoms with Gasteiger partial charge in [-0.25, -0.2) is 8.78 Å². The van der Waals surface area contributed by atoms with Crippen LogP contribution in [0.3, 0.4) is 0 Å². The normalized spacial score (nSPS) is 11.6. The quantitative estimate of drug-likeness (QED) is 0.303. The third-order valence-corrected chi connectivity index (χ3v) is 5.30. The number of nitrogens with one attached hydrogen (secondary N) is 3. The first-order chi connectivity index (χ1) is 16.9. The number of para-hydroxylation sites is 1. The van der Waals surface area contributed by atoms with E-state index in [4.69, 9.17) is 0 Å². The largest absolute Gasteiger partial charge is 0.390 e. The smallest absolute Gasteiger partial charge is 0.272 e. The average Bonchev–Trinajstić information content (AvgIpc) is 3.26. The highest BCUT2D eigenvalue weighted by Crippen LogP contribution is 2.14. The average molecular weight is 481 g/mol. The molecule has 4 N–H and O–H groups in total. The minimum absolute atomic E-state index is 0.169. The number of aromatic amines is 1. The van der Waals surface area contributed by atoms with Crippen molar-refractivity contribution < 1.29 is 18.7 Å². The van der Waals surface area contributed by atoms with Crippen LogP contribution in [0, 0.1) is 18.6 Å². The second-order valence-electron chi connectivity index (χ2n) is 8.23. The molecule has 35 heavy (non-hydrogen) atoms. The number of hydrogen-bond donors (Lipinski definition) is 4. The standard InChI is InChI=1S/C20H24N4O2.C7H6F2/c1-2-14-6-5-7-15(10-14)11-21-12-16(25)13-22-20(26)19-17-8-3-4-9-18(17)23-24-19;1-5-2-6(8)4-7(9)3-5/h3-10,16,21,25H,2,11-13H2,1H3,(H,22,26)(H,23,24);2-4H,1H3. The van der Waals surface area contributed by atoms with Crippen LogP contribution in [0.1, 0.15) is 34.1 Å². The summed E-state index contributed by atoms with van der Waals surface area (Å²) >= 11 is 0. The first kappa shape index (κ1) is 26.0. The minimum atomic E-state index is -0.668. The maximum absolute atomic E-state index is 12.3. The van der Waals surface area contributed by atoms with Crippen LogP contribution < -0.4 is 10.6 Å². The number of amides is 1. The van der Waals surface area contributed by atoms with Gasteiger partial charge in [-0.05, 0) is 48.2 Å². The molecule has 0 aliphatic rings. The zero-order valence-electron chi connectivity index (χ0n) is 19.8. The highest BCUT2D eigenvalue weighted by atomic mass is 19.1. The van der Waals surface area contributed by atoms with Gasteiger partial charge in [-0.2, -0.15) is 5.10 Å². The van der Waals surface area contributed by atoms with Crippen LogP contribution in [0.2, 0.25) is 0 Å². The number of fused-ring (bicyclic) bond motifs is 1. The summed E-state index contributed by atoms with van der Waals surface area (Å²) in [5.74, 6) is -1.34. The number of nitrogens with zero attached hydrogens (tertiary/aromatic N) is 1. The van der Waals surface area contributed by atoms with Crippen molar-refractivity contribution in [2.75, 3.05) is 13.1 Å². The molecule has 3 aromatic carbocycles. The lowest BCUT2D eigenvalue weighted by Gasteiger charge is -2.13. The van der Waals surface area contributed by atoms with Gasteiger partial charge in [0.1, 0.15) is 11.6 Å². The summed E-state index contributed by atoms with van der Waals surface area (Å²) in [6.45, 7) is 5.02. The van der Waals surface area contributed by atoms with Gasteiger partial charge >= 0.3 is 0 Å². The van der Waals surface area contributed by atoms with Gasteiger partial charge < -0.3 is 15.7 Å². The Labute approximate surface area is 203 Å². The van der Waals surface area contributed by atoms with E-state index in [9.17, 15) is 18.7 Å². The molecule has 6 nitrogen and oxygen atoms in total. The van der Waals surface area contributed by atoms with Gasteiger partial charge in [0, 0.05) is 31.1 Å². The van der Waals surface area contributed by atoms with Crippen molar-refractivity contribution in [3.05, 3.63) is 101 Å². The Morgan fingerprint density at radius 2 is 1.71 bits per heavy atom. The summed E-state index contributed by atoms with van der Waals surface area (Å²) in [4.78, 5) is 12.3. The number of carbonyl (C=O) groups excluding carboxylic acids is 1. The lowest BCUT2D eigenvalue weighted by atomic mass is 10.1. The number of carbonyl (C=O) groups is 1. The third kappa shape index (κ3) is 7.98. The molecule has 4 rings (SSSR count). The number of hydrogen-bond acceptors (Lipinski definition) is 4. The van der Waals surface area contributed by atoms with E-state index in [-0.39, 0.29) is 12.5 Å². The Bertz CT molecular complexity index is 1210. The van der Waals surface area contributed by atoms with Gasteiger partial charge in [0.2, 0.25) is 0 Å². The van der Waals surface area contributed by atoms with E-state index >= 15 is 0 Å². The number of aromatic nitrogens is 2. The number of halogens is 2. The van der Waals surface area contributed by atoms with E-state index in [1.165, 1.54) is 23.3 Å². The minimum Gasteiger partial charge on any atom is -0.390 e. The second-order valence-corrected chi connectivity index (χ2v) is 8.23. The van der Waals surface area contributed by atoms with Crippen LogP contribution >= 0.6 is 0 Å². The van der Waals surface area contributed by atoms with E-state index in [1.54, 1.807) is 6.92 Å². The number of H-pyrrole nitrogens is 1. The molecule has 1 unspecified atom stereocenters. The topological polar surface area (TPSA) is 90.0 Å². The number of aliphatic hydroxyl groups is 1. The van der Waals surface area contributed by atoms with Crippen LogP contribution in [-0.2, 0) is 13.0 Å². The van der Waals surface area contributed by atoms with E-state index in [0.29, 0.717) is 24.3 Å². The predicted octanol–water partition coefficient (Wildman–Crippen LogP) is 4.28. The molecule has 1 atom stereocenters.